The Balaban J connectivity index is 1.84. The second-order valence-corrected chi connectivity index (χ2v) is 8.89. The number of rotatable bonds is 8. The number of nitrogens with zero attached hydrogens (tertiary/aromatic N) is 1. The Labute approximate surface area is 175 Å². The minimum Gasteiger partial charge on any atom is -0.395 e. The Hall–Kier alpha value is -2.97. The van der Waals surface area contributed by atoms with Gasteiger partial charge in [0.15, 0.2) is 0 Å². The molecule has 0 saturated carbocycles. The van der Waals surface area contributed by atoms with Crippen LogP contribution in [-0.4, -0.2) is 36.2 Å². The molecule has 0 saturated heterocycles. The first-order chi connectivity index (χ1) is 14.2. The Morgan fingerprint density at radius 1 is 1.13 bits per heavy atom. The fourth-order valence-corrected chi connectivity index (χ4v) is 4.18. The number of benzene rings is 2. The van der Waals surface area contributed by atoms with Gasteiger partial charge in [0, 0.05) is 24.7 Å². The molecule has 0 aliphatic heterocycles. The zero-order valence-corrected chi connectivity index (χ0v) is 17.5. The molecule has 0 atom stereocenters. The van der Waals surface area contributed by atoms with Crippen LogP contribution in [0.1, 0.15) is 32.9 Å². The lowest BCUT2D eigenvalue weighted by Crippen LogP contribution is -2.19. The van der Waals surface area contributed by atoms with E-state index < -0.39 is 28.2 Å². The summed E-state index contributed by atoms with van der Waals surface area (Å²) in [6.07, 6.45) is 0.245. The third-order valence-electron chi connectivity index (χ3n) is 4.83. The Morgan fingerprint density at radius 3 is 2.47 bits per heavy atom. The lowest BCUT2D eigenvalue weighted by Gasteiger charge is -2.11. The number of halogens is 1. The molecule has 0 radical (unpaired) electrons. The van der Waals surface area contributed by atoms with E-state index in [1.165, 1.54) is 12.1 Å². The van der Waals surface area contributed by atoms with Gasteiger partial charge in [-0.15, -0.1) is 0 Å². The standard InChI is InChI=1S/C22H23FN2O4S/c1-15-12-19(25(2)21(15)22(27)16-6-4-3-5-7-16)13-17-8-9-18(14-20(17)23)24-30(28,29)11-10-26/h3-9,12,14,24,26H,10-11,13H2,1-2H3. The van der Waals surface area contributed by atoms with Gasteiger partial charge in [0.1, 0.15) is 5.82 Å². The first kappa shape index (κ1) is 21.7. The molecule has 0 aliphatic rings. The molecule has 3 rings (SSSR count). The number of anilines is 1. The predicted octanol–water partition coefficient (Wildman–Crippen LogP) is 3.03. The number of hydrogen-bond acceptors (Lipinski definition) is 4. The molecule has 0 spiro atoms. The molecule has 0 amide bonds. The largest absolute Gasteiger partial charge is 0.395 e. The van der Waals surface area contributed by atoms with Gasteiger partial charge in [-0.3, -0.25) is 9.52 Å². The maximum Gasteiger partial charge on any atom is 0.234 e. The topological polar surface area (TPSA) is 88.4 Å². The van der Waals surface area contributed by atoms with Crippen molar-refractivity contribution in [1.29, 1.82) is 0 Å². The summed E-state index contributed by atoms with van der Waals surface area (Å²) in [6, 6.07) is 14.9. The molecular weight excluding hydrogens is 407 g/mol. The molecule has 0 bridgehead atoms. The first-order valence-corrected chi connectivity index (χ1v) is 11.0. The summed E-state index contributed by atoms with van der Waals surface area (Å²) >= 11 is 0. The van der Waals surface area contributed by atoms with Crippen molar-refractivity contribution in [2.24, 2.45) is 7.05 Å². The van der Waals surface area contributed by atoms with E-state index in [1.54, 1.807) is 35.9 Å². The summed E-state index contributed by atoms with van der Waals surface area (Å²) < 4.78 is 42.0. The number of nitrogens with one attached hydrogen (secondary N) is 1. The highest BCUT2D eigenvalue weighted by molar-refractivity contribution is 7.92. The van der Waals surface area contributed by atoms with Crippen LogP contribution in [0, 0.1) is 12.7 Å². The van der Waals surface area contributed by atoms with Crippen LogP contribution in [0.2, 0.25) is 0 Å². The minimum atomic E-state index is -3.73. The van der Waals surface area contributed by atoms with Crippen LogP contribution in [0.5, 0.6) is 0 Å². The molecule has 0 fully saturated rings. The van der Waals surface area contributed by atoms with Gasteiger partial charge < -0.3 is 9.67 Å². The summed E-state index contributed by atoms with van der Waals surface area (Å²) in [7, 11) is -1.95. The van der Waals surface area contributed by atoms with E-state index in [0.29, 0.717) is 16.8 Å². The van der Waals surface area contributed by atoms with Gasteiger partial charge in [-0.2, -0.15) is 0 Å². The predicted molar refractivity (Wildman–Crippen MR) is 114 cm³/mol. The summed E-state index contributed by atoms with van der Waals surface area (Å²) in [5.41, 5.74) is 3.16. The molecule has 30 heavy (non-hydrogen) atoms. The van der Waals surface area contributed by atoms with Crippen LogP contribution >= 0.6 is 0 Å². The molecule has 0 aliphatic carbocycles. The molecule has 1 aromatic heterocycles. The third kappa shape index (κ3) is 4.77. The molecule has 1 heterocycles. The smallest absolute Gasteiger partial charge is 0.234 e. The van der Waals surface area contributed by atoms with Gasteiger partial charge in [-0.1, -0.05) is 36.4 Å². The van der Waals surface area contributed by atoms with Crippen LogP contribution in [0.25, 0.3) is 0 Å². The van der Waals surface area contributed by atoms with Crippen molar-refractivity contribution in [3.63, 3.8) is 0 Å². The van der Waals surface area contributed by atoms with Gasteiger partial charge in [0.2, 0.25) is 15.8 Å². The van der Waals surface area contributed by atoms with Crippen LogP contribution in [0.15, 0.2) is 54.6 Å². The highest BCUT2D eigenvalue weighted by atomic mass is 32.2. The van der Waals surface area contributed by atoms with Gasteiger partial charge in [-0.05, 0) is 36.2 Å². The maximum atomic E-state index is 14.6. The van der Waals surface area contributed by atoms with Crippen molar-refractivity contribution >= 4 is 21.5 Å². The van der Waals surface area contributed by atoms with Crippen molar-refractivity contribution in [3.8, 4) is 0 Å². The van der Waals surface area contributed by atoms with Crippen molar-refractivity contribution in [3.05, 3.63) is 88.5 Å². The summed E-state index contributed by atoms with van der Waals surface area (Å²) in [6.45, 7) is 1.32. The number of aliphatic hydroxyl groups excluding tert-OH is 1. The van der Waals surface area contributed by atoms with E-state index in [2.05, 4.69) is 4.72 Å². The monoisotopic (exact) mass is 430 g/mol. The van der Waals surface area contributed by atoms with Crippen molar-refractivity contribution < 1.29 is 22.7 Å². The Kier molecular flexibility index (Phi) is 6.38. The van der Waals surface area contributed by atoms with Gasteiger partial charge in [-0.25, -0.2) is 12.8 Å². The van der Waals surface area contributed by atoms with E-state index in [1.807, 2.05) is 19.1 Å². The lowest BCUT2D eigenvalue weighted by atomic mass is 10.1. The van der Waals surface area contributed by atoms with E-state index in [9.17, 15) is 17.6 Å². The highest BCUT2D eigenvalue weighted by Crippen LogP contribution is 2.23. The molecule has 0 unspecified atom stereocenters. The number of hydrogen-bond donors (Lipinski definition) is 2. The number of sulfonamides is 1. The quantitative estimate of drug-likeness (QED) is 0.538. The van der Waals surface area contributed by atoms with Gasteiger partial charge in [0.05, 0.1) is 23.7 Å². The average molecular weight is 431 g/mol. The molecule has 2 aromatic carbocycles. The van der Waals surface area contributed by atoms with E-state index in [4.69, 9.17) is 5.11 Å². The van der Waals surface area contributed by atoms with Crippen molar-refractivity contribution in [1.82, 2.24) is 4.57 Å². The molecule has 3 aromatic rings. The fraction of sp³-hybridized carbons (Fsp3) is 0.227. The molecule has 6 nitrogen and oxygen atoms in total. The van der Waals surface area contributed by atoms with Crippen LogP contribution in [0.4, 0.5) is 10.1 Å². The zero-order chi connectivity index (χ0) is 21.9. The van der Waals surface area contributed by atoms with Crippen molar-refractivity contribution in [2.75, 3.05) is 17.1 Å². The summed E-state index contributed by atoms with van der Waals surface area (Å²) in [5.74, 6) is -1.12. The van der Waals surface area contributed by atoms with E-state index >= 15 is 0 Å². The number of ketones is 1. The first-order valence-electron chi connectivity index (χ1n) is 9.36. The Morgan fingerprint density at radius 2 is 1.83 bits per heavy atom. The SMILES string of the molecule is Cc1cc(Cc2ccc(NS(=O)(=O)CCO)cc2F)n(C)c1C(=O)c1ccccc1. The highest BCUT2D eigenvalue weighted by Gasteiger charge is 2.19. The number of aromatic nitrogens is 1. The minimum absolute atomic E-state index is 0.0905. The fourth-order valence-electron chi connectivity index (χ4n) is 3.35. The summed E-state index contributed by atoms with van der Waals surface area (Å²) in [4.78, 5) is 12.9. The molecule has 2 N–H and O–H groups in total. The molecule has 158 valence electrons. The van der Waals surface area contributed by atoms with Crippen LogP contribution in [0.3, 0.4) is 0 Å². The average Bonchev–Trinajstić information content (AvgIpc) is 2.97. The maximum absolute atomic E-state index is 14.6. The number of aryl methyl sites for hydroxylation is 1. The van der Waals surface area contributed by atoms with Gasteiger partial charge in [0.25, 0.3) is 0 Å². The normalized spacial score (nSPS) is 11.5. The second-order valence-electron chi connectivity index (χ2n) is 7.05. The number of carbonyl (C=O) groups is 1. The Bertz CT molecular complexity index is 1170. The zero-order valence-electron chi connectivity index (χ0n) is 16.7. The molecule has 8 heteroatoms. The molecular formula is C22H23FN2O4S. The third-order valence-corrected chi connectivity index (χ3v) is 6.10. The lowest BCUT2D eigenvalue weighted by molar-refractivity contribution is 0.103. The van der Waals surface area contributed by atoms with Gasteiger partial charge >= 0.3 is 0 Å². The second kappa shape index (κ2) is 8.81. The number of carbonyl (C=O) groups excluding carboxylic acids is 1. The van der Waals surface area contributed by atoms with E-state index in [-0.39, 0.29) is 17.9 Å². The van der Waals surface area contributed by atoms with E-state index in [0.717, 1.165) is 17.3 Å². The summed E-state index contributed by atoms with van der Waals surface area (Å²) in [5, 5.41) is 8.79. The van der Waals surface area contributed by atoms with Crippen LogP contribution < -0.4 is 4.72 Å². The number of aliphatic hydroxyl groups is 1. The van der Waals surface area contributed by atoms with Crippen molar-refractivity contribution in [2.45, 2.75) is 13.3 Å². The van der Waals surface area contributed by atoms with Crippen LogP contribution in [-0.2, 0) is 23.5 Å².